The highest BCUT2D eigenvalue weighted by atomic mass is 32.2. The lowest BCUT2D eigenvalue weighted by Crippen LogP contribution is -2.30. The minimum atomic E-state index is -3.74. The number of rotatable bonds is 3. The molecule has 0 spiro atoms. The summed E-state index contributed by atoms with van der Waals surface area (Å²) < 4.78 is 25.9. The zero-order valence-corrected chi connectivity index (χ0v) is 12.5. The number of nitrogens with zero attached hydrogens (tertiary/aromatic N) is 1. The molecule has 2 unspecified atom stereocenters. The summed E-state index contributed by atoms with van der Waals surface area (Å²) in [6.07, 6.45) is -2.11. The van der Waals surface area contributed by atoms with Crippen molar-refractivity contribution >= 4 is 27.2 Å². The van der Waals surface area contributed by atoms with Gasteiger partial charge >= 0.3 is 0 Å². The smallest absolute Gasteiger partial charge is 0.243 e. The van der Waals surface area contributed by atoms with Gasteiger partial charge in [-0.2, -0.15) is 4.31 Å². The predicted octanol–water partition coefficient (Wildman–Crippen LogP) is -0.645. The van der Waals surface area contributed by atoms with Crippen LogP contribution in [0.15, 0.2) is 23.1 Å². The average Bonchev–Trinajstić information content (AvgIpc) is 2.69. The first-order valence-electron chi connectivity index (χ1n) is 6.00. The van der Waals surface area contributed by atoms with Crippen LogP contribution in [0.1, 0.15) is 11.1 Å². The highest BCUT2D eigenvalue weighted by Crippen LogP contribution is 2.23. The van der Waals surface area contributed by atoms with Crippen LogP contribution in [0.3, 0.4) is 0 Å². The second kappa shape index (κ2) is 5.38. The Labute approximate surface area is 122 Å². The van der Waals surface area contributed by atoms with Gasteiger partial charge < -0.3 is 15.9 Å². The number of hydrogen-bond acceptors (Lipinski definition) is 5. The maximum absolute atomic E-state index is 12.4. The Morgan fingerprint density at radius 1 is 1.35 bits per heavy atom. The fraction of sp³-hybridized carbons (Fsp3) is 0.417. The molecular weight excluding hydrogens is 300 g/mol. The van der Waals surface area contributed by atoms with E-state index in [1.54, 1.807) is 13.0 Å². The molecule has 20 heavy (non-hydrogen) atoms. The third kappa shape index (κ3) is 2.70. The van der Waals surface area contributed by atoms with Crippen molar-refractivity contribution < 1.29 is 18.6 Å². The van der Waals surface area contributed by atoms with Crippen molar-refractivity contribution in [1.82, 2.24) is 4.31 Å². The van der Waals surface area contributed by atoms with Crippen molar-refractivity contribution in [2.24, 2.45) is 5.73 Å². The quantitative estimate of drug-likeness (QED) is 0.641. The van der Waals surface area contributed by atoms with Crippen molar-refractivity contribution in [2.75, 3.05) is 13.1 Å². The molecular formula is C12H16N2O4S2. The fourth-order valence-electron chi connectivity index (χ4n) is 2.15. The Bertz CT molecular complexity index is 635. The third-order valence-corrected chi connectivity index (χ3v) is 5.37. The fourth-order valence-corrected chi connectivity index (χ4v) is 3.94. The van der Waals surface area contributed by atoms with E-state index in [0.29, 0.717) is 11.1 Å². The van der Waals surface area contributed by atoms with Crippen LogP contribution in [0, 0.1) is 6.92 Å². The molecule has 0 aliphatic carbocycles. The molecule has 2 rings (SSSR count). The molecule has 0 aromatic heterocycles. The summed E-state index contributed by atoms with van der Waals surface area (Å²) in [5, 5.41) is 18.9. The lowest BCUT2D eigenvalue weighted by molar-refractivity contribution is 0.0572. The van der Waals surface area contributed by atoms with Crippen LogP contribution in [0.2, 0.25) is 0 Å². The van der Waals surface area contributed by atoms with E-state index in [2.05, 4.69) is 0 Å². The van der Waals surface area contributed by atoms with Crippen LogP contribution in [0.4, 0.5) is 0 Å². The van der Waals surface area contributed by atoms with Gasteiger partial charge in [-0.1, -0.05) is 18.3 Å². The standard InChI is InChI=1S/C12H16N2O4S2/c1-7-4-8(2-3-9(7)12(13)19)20(17,18)14-5-10(15)11(16)6-14/h2-4,10-11,15-16H,5-6H2,1H3,(H2,13,19). The minimum absolute atomic E-state index is 0.0938. The van der Waals surface area contributed by atoms with Crippen molar-refractivity contribution in [3.63, 3.8) is 0 Å². The number of β-amino-alcohol motifs (C(OH)–C–C–N with tert-alkyl or cyclic N) is 2. The van der Waals surface area contributed by atoms with E-state index in [9.17, 15) is 18.6 Å². The maximum atomic E-state index is 12.4. The zero-order chi connectivity index (χ0) is 15.1. The summed E-state index contributed by atoms with van der Waals surface area (Å²) in [7, 11) is -3.74. The van der Waals surface area contributed by atoms with Gasteiger partial charge in [0.05, 0.1) is 17.1 Å². The second-order valence-electron chi connectivity index (χ2n) is 4.80. The molecule has 2 atom stereocenters. The third-order valence-electron chi connectivity index (χ3n) is 3.33. The van der Waals surface area contributed by atoms with Gasteiger partial charge in [0.1, 0.15) is 4.99 Å². The molecule has 8 heteroatoms. The Morgan fingerprint density at radius 2 is 1.90 bits per heavy atom. The van der Waals surface area contributed by atoms with Crippen LogP contribution in [-0.2, 0) is 10.0 Å². The second-order valence-corrected chi connectivity index (χ2v) is 7.18. The van der Waals surface area contributed by atoms with Gasteiger partial charge in [0, 0.05) is 18.7 Å². The van der Waals surface area contributed by atoms with Crippen LogP contribution in [0.25, 0.3) is 0 Å². The number of aliphatic hydroxyl groups is 2. The highest BCUT2D eigenvalue weighted by molar-refractivity contribution is 7.89. The van der Waals surface area contributed by atoms with Crippen LogP contribution in [-0.4, -0.2) is 53.2 Å². The van der Waals surface area contributed by atoms with Gasteiger partial charge in [-0.3, -0.25) is 0 Å². The number of nitrogens with two attached hydrogens (primary N) is 1. The number of thiocarbonyl (C=S) groups is 1. The summed E-state index contributed by atoms with van der Waals surface area (Å²) >= 11 is 4.88. The maximum Gasteiger partial charge on any atom is 0.243 e. The van der Waals surface area contributed by atoms with E-state index in [-0.39, 0.29) is 23.0 Å². The number of hydrogen-bond donors (Lipinski definition) is 3. The molecule has 1 aromatic carbocycles. The molecule has 0 bridgehead atoms. The number of benzene rings is 1. The summed E-state index contributed by atoms with van der Waals surface area (Å²) in [5.74, 6) is 0. The van der Waals surface area contributed by atoms with Crippen molar-refractivity contribution in [2.45, 2.75) is 24.0 Å². The summed E-state index contributed by atoms with van der Waals surface area (Å²) in [5.41, 5.74) is 6.83. The summed E-state index contributed by atoms with van der Waals surface area (Å²) in [6.45, 7) is 1.50. The molecule has 1 aromatic rings. The van der Waals surface area contributed by atoms with Crippen molar-refractivity contribution in [3.05, 3.63) is 29.3 Å². The Kier molecular flexibility index (Phi) is 4.12. The highest BCUT2D eigenvalue weighted by Gasteiger charge is 2.37. The topological polar surface area (TPSA) is 104 Å². The number of aryl methyl sites for hydroxylation is 1. The predicted molar refractivity (Wildman–Crippen MR) is 77.8 cm³/mol. The summed E-state index contributed by atoms with van der Waals surface area (Å²) in [6, 6.07) is 4.47. The first kappa shape index (κ1) is 15.3. The molecule has 1 aliphatic rings. The van der Waals surface area contributed by atoms with Crippen molar-refractivity contribution in [1.29, 1.82) is 0 Å². The monoisotopic (exact) mass is 316 g/mol. The SMILES string of the molecule is Cc1cc(S(=O)(=O)N2CC(O)C(O)C2)ccc1C(N)=S. The van der Waals surface area contributed by atoms with E-state index < -0.39 is 22.2 Å². The van der Waals surface area contributed by atoms with Gasteiger partial charge in [0.2, 0.25) is 10.0 Å². The number of aliphatic hydroxyl groups excluding tert-OH is 2. The van der Waals surface area contributed by atoms with E-state index in [0.717, 1.165) is 4.31 Å². The van der Waals surface area contributed by atoms with Crippen LogP contribution in [0.5, 0.6) is 0 Å². The molecule has 1 fully saturated rings. The van der Waals surface area contributed by atoms with Gasteiger partial charge in [-0.05, 0) is 24.6 Å². The summed E-state index contributed by atoms with van der Waals surface area (Å²) in [4.78, 5) is 0.301. The largest absolute Gasteiger partial charge is 0.389 e. The van der Waals surface area contributed by atoms with E-state index in [4.69, 9.17) is 18.0 Å². The van der Waals surface area contributed by atoms with Gasteiger partial charge in [0.15, 0.2) is 0 Å². The van der Waals surface area contributed by atoms with Gasteiger partial charge in [-0.25, -0.2) is 8.42 Å². The van der Waals surface area contributed by atoms with Gasteiger partial charge in [-0.15, -0.1) is 0 Å². The number of sulfonamides is 1. The lowest BCUT2D eigenvalue weighted by atomic mass is 10.1. The van der Waals surface area contributed by atoms with Crippen molar-refractivity contribution in [3.8, 4) is 0 Å². The zero-order valence-electron chi connectivity index (χ0n) is 10.9. The van der Waals surface area contributed by atoms with E-state index in [1.165, 1.54) is 12.1 Å². The molecule has 0 saturated carbocycles. The molecule has 0 amide bonds. The van der Waals surface area contributed by atoms with E-state index >= 15 is 0 Å². The molecule has 110 valence electrons. The average molecular weight is 316 g/mol. The van der Waals surface area contributed by atoms with Crippen LogP contribution < -0.4 is 5.73 Å². The molecule has 4 N–H and O–H groups in total. The van der Waals surface area contributed by atoms with E-state index in [1.807, 2.05) is 0 Å². The molecule has 1 heterocycles. The van der Waals surface area contributed by atoms with Crippen LogP contribution >= 0.6 is 12.2 Å². The molecule has 6 nitrogen and oxygen atoms in total. The Hall–Kier alpha value is -1.06. The molecule has 0 radical (unpaired) electrons. The first-order valence-corrected chi connectivity index (χ1v) is 7.85. The minimum Gasteiger partial charge on any atom is -0.389 e. The Morgan fingerprint density at radius 3 is 2.35 bits per heavy atom. The molecule has 1 saturated heterocycles. The normalized spacial score (nSPS) is 23.9. The Balaban J connectivity index is 2.36. The van der Waals surface area contributed by atoms with Gasteiger partial charge in [0.25, 0.3) is 0 Å². The lowest BCUT2D eigenvalue weighted by Gasteiger charge is -2.16. The first-order chi connectivity index (χ1) is 9.23. The molecule has 1 aliphatic heterocycles.